The number of aromatic amines is 1. The number of hydrogen-bond acceptors (Lipinski definition) is 3. The van der Waals surface area contributed by atoms with E-state index in [4.69, 9.17) is 0 Å². The minimum Gasteiger partial charge on any atom is -0.310 e. The molecule has 0 radical (unpaired) electrons. The van der Waals surface area contributed by atoms with Crippen LogP contribution in [0.3, 0.4) is 0 Å². The van der Waals surface area contributed by atoms with E-state index in [0.717, 1.165) is 24.2 Å². The molecule has 0 unspecified atom stereocenters. The van der Waals surface area contributed by atoms with Crippen molar-refractivity contribution in [3.8, 4) is 0 Å². The van der Waals surface area contributed by atoms with E-state index in [0.29, 0.717) is 17.7 Å². The molecule has 0 aromatic carbocycles. The zero-order valence-electron chi connectivity index (χ0n) is 14.1. The molecule has 2 heterocycles. The Labute approximate surface area is 141 Å². The lowest BCUT2D eigenvalue weighted by Crippen LogP contribution is -2.20. The van der Waals surface area contributed by atoms with E-state index in [1.165, 1.54) is 32.1 Å². The molecular formula is C17H27N3O2S. The Kier molecular flexibility index (Phi) is 5.19. The Bertz CT molecular complexity index is 612. The summed E-state index contributed by atoms with van der Waals surface area (Å²) in [6.45, 7) is 4.23. The van der Waals surface area contributed by atoms with Crippen LogP contribution in [0.25, 0.3) is 0 Å². The number of H-pyrrole nitrogens is 1. The van der Waals surface area contributed by atoms with Crippen molar-refractivity contribution in [2.24, 2.45) is 5.92 Å². The predicted octanol–water partition coefficient (Wildman–Crippen LogP) is 3.84. The number of carbonyl (C=O) groups is 1. The molecule has 1 aliphatic heterocycles. The minimum absolute atomic E-state index is 0.00186. The van der Waals surface area contributed by atoms with Crippen LogP contribution in [-0.4, -0.2) is 21.4 Å². The van der Waals surface area contributed by atoms with Crippen molar-refractivity contribution in [1.29, 1.82) is 0 Å². The summed E-state index contributed by atoms with van der Waals surface area (Å²) in [5, 5.41) is 6.11. The topological polar surface area (TPSA) is 66.9 Å². The van der Waals surface area contributed by atoms with Gasteiger partial charge in [-0.15, -0.1) is 11.8 Å². The Hall–Kier alpha value is -1.17. The zero-order valence-corrected chi connectivity index (χ0v) is 14.9. The summed E-state index contributed by atoms with van der Waals surface area (Å²) in [6, 6.07) is 0.294. The molecule has 2 N–H and O–H groups in total. The first-order valence-electron chi connectivity index (χ1n) is 8.83. The van der Waals surface area contributed by atoms with E-state index in [9.17, 15) is 9.59 Å². The average Bonchev–Trinajstić information content (AvgIpc) is 2.66. The van der Waals surface area contributed by atoms with Gasteiger partial charge in [-0.25, -0.2) is 0 Å². The number of aromatic nitrogens is 2. The van der Waals surface area contributed by atoms with E-state index in [1.807, 2.05) is 4.68 Å². The van der Waals surface area contributed by atoms with E-state index in [1.54, 1.807) is 11.8 Å². The molecule has 1 aromatic heterocycles. The van der Waals surface area contributed by atoms with Crippen LogP contribution < -0.4 is 10.9 Å². The second-order valence-electron chi connectivity index (χ2n) is 7.10. The van der Waals surface area contributed by atoms with Crippen molar-refractivity contribution in [1.82, 2.24) is 9.78 Å². The Morgan fingerprint density at radius 1 is 1.09 bits per heavy atom. The molecule has 1 aliphatic carbocycles. The molecule has 128 valence electrons. The third-order valence-electron chi connectivity index (χ3n) is 4.94. The number of nitrogens with one attached hydrogen (secondary N) is 2. The number of nitrogens with zero attached hydrogens (tertiary/aromatic N) is 1. The summed E-state index contributed by atoms with van der Waals surface area (Å²) in [6.07, 6.45) is 8.38. The highest BCUT2D eigenvalue weighted by Crippen LogP contribution is 2.41. The smallest absolute Gasteiger partial charge is 0.270 e. The van der Waals surface area contributed by atoms with Gasteiger partial charge in [-0.05, 0) is 18.8 Å². The Morgan fingerprint density at radius 2 is 1.74 bits per heavy atom. The summed E-state index contributed by atoms with van der Waals surface area (Å²) < 4.78 is 1.97. The van der Waals surface area contributed by atoms with Crippen molar-refractivity contribution in [3.63, 3.8) is 0 Å². The van der Waals surface area contributed by atoms with Crippen molar-refractivity contribution < 1.29 is 4.79 Å². The summed E-state index contributed by atoms with van der Waals surface area (Å²) in [4.78, 5) is 24.7. The molecule has 3 rings (SSSR count). The lowest BCUT2D eigenvalue weighted by molar-refractivity contribution is -0.113. The van der Waals surface area contributed by atoms with Gasteiger partial charge in [-0.2, -0.15) is 0 Å². The van der Waals surface area contributed by atoms with E-state index < -0.39 is 0 Å². The average molecular weight is 337 g/mol. The first-order chi connectivity index (χ1) is 11.1. The van der Waals surface area contributed by atoms with Crippen LogP contribution in [-0.2, 0) is 4.79 Å². The van der Waals surface area contributed by atoms with Gasteiger partial charge in [0.1, 0.15) is 5.82 Å². The fourth-order valence-corrected chi connectivity index (χ4v) is 4.94. The fraction of sp³-hybridized carbons (Fsp3) is 0.765. The first kappa shape index (κ1) is 16.7. The van der Waals surface area contributed by atoms with Crippen LogP contribution >= 0.6 is 11.8 Å². The third-order valence-corrected chi connectivity index (χ3v) is 6.51. The minimum atomic E-state index is -0.0320. The Morgan fingerprint density at radius 3 is 2.39 bits per heavy atom. The van der Waals surface area contributed by atoms with Crippen LogP contribution in [0.2, 0.25) is 0 Å². The largest absolute Gasteiger partial charge is 0.310 e. The molecule has 0 spiro atoms. The number of hydrogen-bond donors (Lipinski definition) is 2. The van der Waals surface area contributed by atoms with Crippen LogP contribution in [0, 0.1) is 5.92 Å². The van der Waals surface area contributed by atoms with Gasteiger partial charge in [0.2, 0.25) is 5.91 Å². The number of rotatable bonds is 2. The summed E-state index contributed by atoms with van der Waals surface area (Å²) in [7, 11) is 0. The molecule has 6 heteroatoms. The molecule has 5 nitrogen and oxygen atoms in total. The van der Waals surface area contributed by atoms with Crippen LogP contribution in [0.15, 0.2) is 4.79 Å². The maximum Gasteiger partial charge on any atom is 0.270 e. The second kappa shape index (κ2) is 7.16. The van der Waals surface area contributed by atoms with Crippen LogP contribution in [0.1, 0.15) is 75.6 Å². The van der Waals surface area contributed by atoms with Crippen molar-refractivity contribution in [2.45, 2.75) is 70.1 Å². The van der Waals surface area contributed by atoms with Gasteiger partial charge >= 0.3 is 0 Å². The number of thioether (sulfide) groups is 1. The standard InChI is InChI=1S/C17H27N3O2S/c1-11(2)15-14-16(18-13(21)10-23-15)20(19-17(14)22)12-8-6-4-3-5-7-9-12/h11-12,15H,3-10H2,1-2H3,(H,18,21)(H,19,22)/t15-/m1/s1. The molecule has 1 saturated carbocycles. The molecule has 2 aliphatic rings. The van der Waals surface area contributed by atoms with Gasteiger partial charge in [0.15, 0.2) is 0 Å². The van der Waals surface area contributed by atoms with E-state index in [2.05, 4.69) is 24.3 Å². The second-order valence-corrected chi connectivity index (χ2v) is 8.23. The van der Waals surface area contributed by atoms with Gasteiger partial charge in [-0.1, -0.05) is 46.0 Å². The zero-order chi connectivity index (χ0) is 16.4. The maximum atomic E-state index is 12.6. The molecule has 1 amide bonds. The van der Waals surface area contributed by atoms with Crippen LogP contribution in [0.4, 0.5) is 5.82 Å². The lowest BCUT2D eigenvalue weighted by atomic mass is 9.96. The first-order valence-corrected chi connectivity index (χ1v) is 9.88. The van der Waals surface area contributed by atoms with Gasteiger partial charge in [-0.3, -0.25) is 19.4 Å². The molecule has 1 atom stereocenters. The molecular weight excluding hydrogens is 310 g/mol. The molecule has 0 bridgehead atoms. The molecule has 23 heavy (non-hydrogen) atoms. The fourth-order valence-electron chi connectivity index (χ4n) is 3.76. The predicted molar refractivity (Wildman–Crippen MR) is 95.1 cm³/mol. The Balaban J connectivity index is 2.00. The van der Waals surface area contributed by atoms with Gasteiger partial charge < -0.3 is 5.32 Å². The van der Waals surface area contributed by atoms with E-state index >= 15 is 0 Å². The van der Waals surface area contributed by atoms with Crippen molar-refractivity contribution in [2.75, 3.05) is 11.1 Å². The SMILES string of the molecule is CC(C)[C@H]1SCC(=O)Nc2c1c(=O)[nH]n2C1CCCCCCC1. The number of fused-ring (bicyclic) bond motifs is 1. The highest BCUT2D eigenvalue weighted by molar-refractivity contribution is 8.00. The number of anilines is 1. The summed E-state index contributed by atoms with van der Waals surface area (Å²) in [5.41, 5.74) is 0.730. The number of amides is 1. The maximum absolute atomic E-state index is 12.6. The quantitative estimate of drug-likeness (QED) is 0.861. The highest BCUT2D eigenvalue weighted by Gasteiger charge is 2.32. The van der Waals surface area contributed by atoms with Crippen molar-refractivity contribution >= 4 is 23.5 Å². The monoisotopic (exact) mass is 337 g/mol. The molecule has 1 fully saturated rings. The summed E-state index contributed by atoms with van der Waals surface area (Å²) >= 11 is 1.58. The van der Waals surface area contributed by atoms with Crippen LogP contribution in [0.5, 0.6) is 0 Å². The van der Waals surface area contributed by atoms with Gasteiger partial charge in [0.25, 0.3) is 5.56 Å². The number of carbonyl (C=O) groups excluding carboxylic acids is 1. The normalized spacial score (nSPS) is 23.8. The third kappa shape index (κ3) is 3.52. The summed E-state index contributed by atoms with van der Waals surface area (Å²) in [5.74, 6) is 1.47. The van der Waals surface area contributed by atoms with Crippen molar-refractivity contribution in [3.05, 3.63) is 15.9 Å². The highest BCUT2D eigenvalue weighted by atomic mass is 32.2. The molecule has 0 saturated heterocycles. The van der Waals surface area contributed by atoms with E-state index in [-0.39, 0.29) is 16.7 Å². The lowest BCUT2D eigenvalue weighted by Gasteiger charge is -2.23. The van der Waals surface area contributed by atoms with Gasteiger partial charge in [0.05, 0.1) is 17.4 Å². The van der Waals surface area contributed by atoms with Gasteiger partial charge in [0, 0.05) is 5.25 Å². The molecule has 1 aromatic rings.